The summed E-state index contributed by atoms with van der Waals surface area (Å²) in [4.78, 5) is 0. The van der Waals surface area contributed by atoms with Crippen molar-refractivity contribution in [2.75, 3.05) is 26.8 Å². The van der Waals surface area contributed by atoms with Crippen molar-refractivity contribution in [3.8, 4) is 11.5 Å². The fourth-order valence-electron chi connectivity index (χ4n) is 1.86. The maximum atomic E-state index is 9.94. The van der Waals surface area contributed by atoms with Crippen LogP contribution in [0.1, 0.15) is 25.5 Å². The Labute approximate surface area is 108 Å². The number of rotatable bonds is 3. The minimum atomic E-state index is -0.528. The van der Waals surface area contributed by atoms with Gasteiger partial charge < -0.3 is 19.9 Å². The fourth-order valence-corrected chi connectivity index (χ4v) is 1.86. The molecule has 0 radical (unpaired) electrons. The van der Waals surface area contributed by atoms with Crippen LogP contribution in [0, 0.1) is 5.41 Å². The van der Waals surface area contributed by atoms with Gasteiger partial charge in [-0.05, 0) is 24.7 Å². The second-order valence-corrected chi connectivity index (χ2v) is 5.52. The van der Waals surface area contributed by atoms with Crippen molar-refractivity contribution in [3.05, 3.63) is 23.8 Å². The zero-order chi connectivity index (χ0) is 13.2. The number of hydrogen-bond donors (Lipinski definition) is 2. The molecule has 0 saturated heterocycles. The van der Waals surface area contributed by atoms with E-state index in [1.807, 2.05) is 25.2 Å². The first-order valence-electron chi connectivity index (χ1n) is 6.24. The standard InChI is InChI=1S/C14H21NO3/c1-14(2)8-17-12-5-4-10(11(16)7-15-3)6-13(12)18-9-14/h4-6,11,15-16H,7-9H2,1-3H3. The van der Waals surface area contributed by atoms with Crippen molar-refractivity contribution >= 4 is 0 Å². The van der Waals surface area contributed by atoms with Crippen molar-refractivity contribution in [2.45, 2.75) is 20.0 Å². The molecule has 4 nitrogen and oxygen atoms in total. The zero-order valence-corrected chi connectivity index (χ0v) is 11.2. The van der Waals surface area contributed by atoms with E-state index in [9.17, 15) is 5.11 Å². The molecule has 4 heteroatoms. The van der Waals surface area contributed by atoms with Crippen LogP contribution in [0.5, 0.6) is 11.5 Å². The molecule has 2 rings (SSSR count). The molecule has 2 N–H and O–H groups in total. The number of nitrogens with one attached hydrogen (secondary N) is 1. The van der Waals surface area contributed by atoms with Crippen LogP contribution >= 0.6 is 0 Å². The van der Waals surface area contributed by atoms with Gasteiger partial charge in [-0.3, -0.25) is 0 Å². The fraction of sp³-hybridized carbons (Fsp3) is 0.571. The first-order valence-corrected chi connectivity index (χ1v) is 6.24. The molecule has 0 spiro atoms. The van der Waals surface area contributed by atoms with Gasteiger partial charge in [0.2, 0.25) is 0 Å². The third-order valence-corrected chi connectivity index (χ3v) is 2.99. The predicted octanol–water partition coefficient (Wildman–Crippen LogP) is 1.74. The summed E-state index contributed by atoms with van der Waals surface area (Å²) in [5.74, 6) is 1.47. The summed E-state index contributed by atoms with van der Waals surface area (Å²) >= 11 is 0. The lowest BCUT2D eigenvalue weighted by atomic mass is 9.97. The summed E-state index contributed by atoms with van der Waals surface area (Å²) in [7, 11) is 1.81. The molecule has 1 aliphatic heterocycles. The molecule has 1 aliphatic rings. The molecule has 0 aliphatic carbocycles. The van der Waals surface area contributed by atoms with Gasteiger partial charge in [-0.25, -0.2) is 0 Å². The third-order valence-electron chi connectivity index (χ3n) is 2.99. The lowest BCUT2D eigenvalue weighted by molar-refractivity contribution is 0.140. The number of benzene rings is 1. The molecule has 1 heterocycles. The van der Waals surface area contributed by atoms with Crippen LogP contribution < -0.4 is 14.8 Å². The van der Waals surface area contributed by atoms with Gasteiger partial charge in [0.05, 0.1) is 19.3 Å². The van der Waals surface area contributed by atoms with Crippen molar-refractivity contribution in [1.29, 1.82) is 0 Å². The molecule has 0 fully saturated rings. The molecule has 0 bridgehead atoms. The molecule has 1 atom stereocenters. The highest BCUT2D eigenvalue weighted by Gasteiger charge is 2.25. The first-order chi connectivity index (χ1) is 8.52. The molecular formula is C14H21NO3. The van der Waals surface area contributed by atoms with E-state index in [0.717, 1.165) is 11.3 Å². The average molecular weight is 251 g/mol. The Balaban J connectivity index is 2.20. The Morgan fingerprint density at radius 2 is 1.94 bits per heavy atom. The highest BCUT2D eigenvalue weighted by atomic mass is 16.5. The van der Waals surface area contributed by atoms with E-state index in [1.54, 1.807) is 0 Å². The van der Waals surface area contributed by atoms with Crippen LogP contribution in [0.2, 0.25) is 0 Å². The van der Waals surface area contributed by atoms with Crippen molar-refractivity contribution in [3.63, 3.8) is 0 Å². The Bertz CT molecular complexity index is 418. The Hall–Kier alpha value is -1.26. The van der Waals surface area contributed by atoms with Gasteiger partial charge in [-0.1, -0.05) is 19.9 Å². The highest BCUT2D eigenvalue weighted by molar-refractivity contribution is 5.44. The van der Waals surface area contributed by atoms with Crippen LogP contribution in [0.4, 0.5) is 0 Å². The van der Waals surface area contributed by atoms with Crippen molar-refractivity contribution in [2.24, 2.45) is 5.41 Å². The number of aliphatic hydroxyl groups is 1. The molecule has 1 aromatic carbocycles. The molecule has 0 saturated carbocycles. The monoisotopic (exact) mass is 251 g/mol. The Morgan fingerprint density at radius 3 is 2.61 bits per heavy atom. The second kappa shape index (κ2) is 5.16. The lowest BCUT2D eigenvalue weighted by Gasteiger charge is -2.19. The van der Waals surface area contributed by atoms with Crippen LogP contribution in [0.3, 0.4) is 0 Å². The minimum absolute atomic E-state index is 0.00275. The quantitative estimate of drug-likeness (QED) is 0.859. The average Bonchev–Trinajstić information content (AvgIpc) is 2.49. The van der Waals surface area contributed by atoms with Gasteiger partial charge in [-0.15, -0.1) is 0 Å². The molecule has 0 aromatic heterocycles. The Kier molecular flexibility index (Phi) is 3.78. The van der Waals surface area contributed by atoms with E-state index in [4.69, 9.17) is 9.47 Å². The molecule has 18 heavy (non-hydrogen) atoms. The van der Waals surface area contributed by atoms with Crippen molar-refractivity contribution < 1.29 is 14.6 Å². The van der Waals surface area contributed by atoms with Gasteiger partial charge in [-0.2, -0.15) is 0 Å². The van der Waals surface area contributed by atoms with E-state index < -0.39 is 6.10 Å². The van der Waals surface area contributed by atoms with E-state index in [0.29, 0.717) is 25.5 Å². The summed E-state index contributed by atoms with van der Waals surface area (Å²) in [6, 6.07) is 5.60. The highest BCUT2D eigenvalue weighted by Crippen LogP contribution is 2.35. The van der Waals surface area contributed by atoms with Gasteiger partial charge in [0, 0.05) is 12.0 Å². The normalized spacial score (nSPS) is 19.1. The van der Waals surface area contributed by atoms with E-state index in [1.165, 1.54) is 0 Å². The predicted molar refractivity (Wildman–Crippen MR) is 70.1 cm³/mol. The smallest absolute Gasteiger partial charge is 0.161 e. The van der Waals surface area contributed by atoms with E-state index in [-0.39, 0.29) is 5.41 Å². The number of aliphatic hydroxyl groups excluding tert-OH is 1. The maximum absolute atomic E-state index is 9.94. The largest absolute Gasteiger partial charge is 0.489 e. The summed E-state index contributed by atoms with van der Waals surface area (Å²) in [6.45, 7) is 5.99. The lowest BCUT2D eigenvalue weighted by Crippen LogP contribution is -2.26. The van der Waals surface area contributed by atoms with Gasteiger partial charge in [0.15, 0.2) is 11.5 Å². The topological polar surface area (TPSA) is 50.7 Å². The molecule has 1 unspecified atom stereocenters. The summed E-state index contributed by atoms with van der Waals surface area (Å²) < 4.78 is 11.5. The van der Waals surface area contributed by atoms with E-state index in [2.05, 4.69) is 19.2 Å². The van der Waals surface area contributed by atoms with Gasteiger partial charge in [0.1, 0.15) is 0 Å². The summed E-state index contributed by atoms with van der Waals surface area (Å²) in [5.41, 5.74) is 0.842. The molecular weight excluding hydrogens is 230 g/mol. The molecule has 100 valence electrons. The first kappa shape index (κ1) is 13.2. The van der Waals surface area contributed by atoms with Crippen LogP contribution in [-0.4, -0.2) is 31.9 Å². The van der Waals surface area contributed by atoms with Gasteiger partial charge >= 0.3 is 0 Å². The summed E-state index contributed by atoms with van der Waals surface area (Å²) in [5, 5.41) is 12.9. The SMILES string of the molecule is CNCC(O)c1ccc2c(c1)OCC(C)(C)CO2. The third kappa shape index (κ3) is 2.94. The molecule has 0 amide bonds. The van der Waals surface area contributed by atoms with Crippen molar-refractivity contribution in [1.82, 2.24) is 5.32 Å². The van der Waals surface area contributed by atoms with Crippen LogP contribution in [0.25, 0.3) is 0 Å². The number of hydrogen-bond acceptors (Lipinski definition) is 4. The maximum Gasteiger partial charge on any atom is 0.161 e. The zero-order valence-electron chi connectivity index (χ0n) is 11.2. The molecule has 1 aromatic rings. The van der Waals surface area contributed by atoms with E-state index >= 15 is 0 Å². The number of likely N-dealkylation sites (N-methyl/N-ethyl adjacent to an activating group) is 1. The Morgan fingerprint density at radius 1 is 1.28 bits per heavy atom. The number of fused-ring (bicyclic) bond motifs is 1. The minimum Gasteiger partial charge on any atom is -0.489 e. The van der Waals surface area contributed by atoms with Crippen LogP contribution in [-0.2, 0) is 0 Å². The second-order valence-electron chi connectivity index (χ2n) is 5.52. The van der Waals surface area contributed by atoms with Gasteiger partial charge in [0.25, 0.3) is 0 Å². The summed E-state index contributed by atoms with van der Waals surface area (Å²) in [6.07, 6.45) is -0.528. The van der Waals surface area contributed by atoms with Crippen LogP contribution in [0.15, 0.2) is 18.2 Å². The number of ether oxygens (including phenoxy) is 2.